The second kappa shape index (κ2) is 4.06. The molecule has 1 aromatic rings. The fraction of sp³-hybridized carbons (Fsp3) is 0.200. The summed E-state index contributed by atoms with van der Waals surface area (Å²) in [7, 11) is 0. The lowest BCUT2D eigenvalue weighted by Gasteiger charge is -2.08. The van der Waals surface area contributed by atoms with Crippen LogP contribution in [-0.2, 0) is 11.2 Å². The first-order chi connectivity index (χ1) is 8.31. The van der Waals surface area contributed by atoms with Crippen LogP contribution in [0.5, 0.6) is 0 Å². The average Bonchev–Trinajstić information content (AvgIpc) is 2.77. The maximum absolute atomic E-state index is 12.2. The third-order valence-corrected chi connectivity index (χ3v) is 4.41. The number of allylic oxidation sites excluding steroid dienone is 3. The van der Waals surface area contributed by atoms with Crippen LogP contribution in [0, 0.1) is 0 Å². The van der Waals surface area contributed by atoms with E-state index in [1.165, 1.54) is 0 Å². The zero-order valence-corrected chi connectivity index (χ0v) is 10.3. The molecule has 0 fully saturated rings. The largest absolute Gasteiger partial charge is 0.293 e. The molecule has 2 aliphatic rings. The molecule has 1 aliphatic carbocycles. The minimum atomic E-state index is 0.250. The highest BCUT2D eigenvalue weighted by Gasteiger charge is 2.29. The van der Waals surface area contributed by atoms with Gasteiger partial charge in [0.1, 0.15) is 0 Å². The summed E-state index contributed by atoms with van der Waals surface area (Å²) >= 11 is 1.68. The van der Waals surface area contributed by atoms with Crippen molar-refractivity contribution >= 4 is 23.1 Å². The molecular weight excluding hydrogens is 228 g/mol. The SMILES string of the molecule is C=C=C1C2=C(SCC2)C(=O)Cc2ccccc21. The van der Waals surface area contributed by atoms with Crippen molar-refractivity contribution in [2.45, 2.75) is 12.8 Å². The van der Waals surface area contributed by atoms with Gasteiger partial charge in [0, 0.05) is 17.7 Å². The highest BCUT2D eigenvalue weighted by molar-refractivity contribution is 8.04. The summed E-state index contributed by atoms with van der Waals surface area (Å²) in [6.45, 7) is 3.79. The second-order valence-corrected chi connectivity index (χ2v) is 5.32. The number of carbonyl (C=O) groups excluding carboxylic acids is 1. The first-order valence-corrected chi connectivity index (χ1v) is 6.67. The van der Waals surface area contributed by atoms with Crippen LogP contribution in [0.2, 0.25) is 0 Å². The van der Waals surface area contributed by atoms with Crippen molar-refractivity contribution in [2.75, 3.05) is 5.75 Å². The topological polar surface area (TPSA) is 17.1 Å². The van der Waals surface area contributed by atoms with E-state index in [4.69, 9.17) is 0 Å². The fourth-order valence-corrected chi connectivity index (χ4v) is 3.60. The zero-order valence-electron chi connectivity index (χ0n) is 9.45. The Morgan fingerprint density at radius 2 is 2.12 bits per heavy atom. The van der Waals surface area contributed by atoms with Gasteiger partial charge in [-0.25, -0.2) is 0 Å². The predicted molar refractivity (Wildman–Crippen MR) is 71.8 cm³/mol. The number of ketones is 1. The van der Waals surface area contributed by atoms with Crippen LogP contribution in [0.25, 0.3) is 5.57 Å². The number of benzene rings is 1. The summed E-state index contributed by atoms with van der Waals surface area (Å²) in [5.74, 6) is 1.25. The third-order valence-electron chi connectivity index (χ3n) is 3.24. The van der Waals surface area contributed by atoms with Crippen molar-refractivity contribution in [2.24, 2.45) is 0 Å². The van der Waals surface area contributed by atoms with Gasteiger partial charge in [0.15, 0.2) is 5.78 Å². The minimum absolute atomic E-state index is 0.250. The highest BCUT2D eigenvalue weighted by Crippen LogP contribution is 2.42. The van der Waals surface area contributed by atoms with Gasteiger partial charge in [0.2, 0.25) is 0 Å². The van der Waals surface area contributed by atoms with Gasteiger partial charge < -0.3 is 0 Å². The number of carbonyl (C=O) groups is 1. The molecule has 0 unspecified atom stereocenters. The Morgan fingerprint density at radius 1 is 1.29 bits per heavy atom. The Labute approximate surface area is 105 Å². The van der Waals surface area contributed by atoms with Crippen LogP contribution < -0.4 is 0 Å². The Morgan fingerprint density at radius 3 is 2.94 bits per heavy atom. The van der Waals surface area contributed by atoms with E-state index >= 15 is 0 Å². The first-order valence-electron chi connectivity index (χ1n) is 5.69. The van der Waals surface area contributed by atoms with Gasteiger partial charge in [-0.2, -0.15) is 0 Å². The molecule has 2 heteroatoms. The van der Waals surface area contributed by atoms with Crippen LogP contribution >= 0.6 is 11.8 Å². The van der Waals surface area contributed by atoms with E-state index < -0.39 is 0 Å². The Kier molecular flexibility index (Phi) is 2.54. The molecule has 0 bridgehead atoms. The Balaban J connectivity index is 2.28. The molecule has 1 aromatic carbocycles. The van der Waals surface area contributed by atoms with Crippen LogP contribution in [0.1, 0.15) is 17.5 Å². The predicted octanol–water partition coefficient (Wildman–Crippen LogP) is 3.37. The van der Waals surface area contributed by atoms with Crippen LogP contribution in [0.4, 0.5) is 0 Å². The fourth-order valence-electron chi connectivity index (χ4n) is 2.48. The summed E-state index contributed by atoms with van der Waals surface area (Å²) in [6.07, 6.45) is 1.46. The van der Waals surface area contributed by atoms with Crippen molar-refractivity contribution in [3.63, 3.8) is 0 Å². The number of rotatable bonds is 0. The molecule has 0 aromatic heterocycles. The molecular formula is C15H12OS. The molecule has 0 saturated heterocycles. The zero-order chi connectivity index (χ0) is 11.8. The summed E-state index contributed by atoms with van der Waals surface area (Å²) in [6, 6.07) is 8.08. The quantitative estimate of drug-likeness (QED) is 0.647. The molecule has 0 radical (unpaired) electrons. The summed E-state index contributed by atoms with van der Waals surface area (Å²) < 4.78 is 0. The first kappa shape index (κ1) is 10.6. The standard InChI is InChI=1S/C15H12OS/c1-2-11-12-6-4-3-5-10(12)9-14(16)15-13(11)7-8-17-15/h3-6H,1,7-9H2. The van der Waals surface area contributed by atoms with E-state index in [1.54, 1.807) is 11.8 Å². The summed E-state index contributed by atoms with van der Waals surface area (Å²) in [5, 5.41) is 0. The van der Waals surface area contributed by atoms with Crippen molar-refractivity contribution in [1.29, 1.82) is 0 Å². The molecule has 84 valence electrons. The minimum Gasteiger partial charge on any atom is -0.293 e. The van der Waals surface area contributed by atoms with E-state index in [-0.39, 0.29) is 5.78 Å². The van der Waals surface area contributed by atoms with Crippen molar-refractivity contribution in [1.82, 2.24) is 0 Å². The lowest BCUT2D eigenvalue weighted by atomic mass is 9.95. The molecule has 0 spiro atoms. The van der Waals surface area contributed by atoms with Gasteiger partial charge in [0.25, 0.3) is 0 Å². The van der Waals surface area contributed by atoms with Gasteiger partial charge >= 0.3 is 0 Å². The number of Topliss-reactive ketones (excluding diaryl/α,β-unsaturated/α-hetero) is 1. The highest BCUT2D eigenvalue weighted by atomic mass is 32.2. The second-order valence-electron chi connectivity index (χ2n) is 4.22. The average molecular weight is 240 g/mol. The van der Waals surface area contributed by atoms with E-state index in [0.717, 1.165) is 39.4 Å². The van der Waals surface area contributed by atoms with Crippen LogP contribution in [0.15, 0.2) is 47.1 Å². The van der Waals surface area contributed by atoms with E-state index in [1.807, 2.05) is 18.2 Å². The van der Waals surface area contributed by atoms with Crippen LogP contribution in [0.3, 0.4) is 0 Å². The maximum Gasteiger partial charge on any atom is 0.173 e. The van der Waals surface area contributed by atoms with Gasteiger partial charge in [0.05, 0.1) is 4.91 Å². The lowest BCUT2D eigenvalue weighted by Crippen LogP contribution is -2.02. The van der Waals surface area contributed by atoms with E-state index in [9.17, 15) is 4.79 Å². The van der Waals surface area contributed by atoms with Gasteiger partial charge in [-0.1, -0.05) is 30.8 Å². The number of thioether (sulfide) groups is 1. The van der Waals surface area contributed by atoms with E-state index in [2.05, 4.69) is 18.4 Å². The van der Waals surface area contributed by atoms with E-state index in [0.29, 0.717) is 6.42 Å². The van der Waals surface area contributed by atoms with Crippen molar-refractivity contribution in [3.05, 3.63) is 58.2 Å². The maximum atomic E-state index is 12.2. The Hall–Kier alpha value is -1.50. The van der Waals surface area contributed by atoms with Crippen molar-refractivity contribution < 1.29 is 4.79 Å². The summed E-state index contributed by atoms with van der Waals surface area (Å²) in [5.41, 5.74) is 7.45. The van der Waals surface area contributed by atoms with Gasteiger partial charge in [-0.3, -0.25) is 4.79 Å². The molecule has 0 N–H and O–H groups in total. The molecule has 1 heterocycles. The smallest absolute Gasteiger partial charge is 0.173 e. The number of fused-ring (bicyclic) bond motifs is 1. The molecule has 0 atom stereocenters. The molecule has 1 aliphatic heterocycles. The molecule has 0 amide bonds. The normalized spacial score (nSPS) is 18.6. The monoisotopic (exact) mass is 240 g/mol. The van der Waals surface area contributed by atoms with Gasteiger partial charge in [-0.15, -0.1) is 17.5 Å². The molecule has 3 rings (SSSR count). The number of hydrogen-bond donors (Lipinski definition) is 0. The van der Waals surface area contributed by atoms with Gasteiger partial charge in [-0.05, 0) is 23.1 Å². The third kappa shape index (κ3) is 1.61. The van der Waals surface area contributed by atoms with Crippen LogP contribution in [-0.4, -0.2) is 11.5 Å². The Bertz CT molecular complexity index is 589. The molecule has 1 nitrogen and oxygen atoms in total. The molecule has 17 heavy (non-hydrogen) atoms. The van der Waals surface area contributed by atoms with Crippen molar-refractivity contribution in [3.8, 4) is 0 Å². The summed E-state index contributed by atoms with van der Waals surface area (Å²) in [4.78, 5) is 13.1. The number of hydrogen-bond acceptors (Lipinski definition) is 2. The lowest BCUT2D eigenvalue weighted by molar-refractivity contribution is -0.114. The molecule has 0 saturated carbocycles.